The summed E-state index contributed by atoms with van der Waals surface area (Å²) in [4.78, 5) is 3.75. The Kier molecular flexibility index (Phi) is 7.17. The number of hydrogen-bond acceptors (Lipinski definition) is 4. The molecule has 0 unspecified atom stereocenters. The van der Waals surface area contributed by atoms with Crippen molar-refractivity contribution in [2.45, 2.75) is 19.0 Å². The smallest absolute Gasteiger partial charge is 0.184 e. The number of thiocarbonyl (C=S) groups is 1. The van der Waals surface area contributed by atoms with Crippen LogP contribution in [-0.2, 0) is 6.54 Å². The van der Waals surface area contributed by atoms with Gasteiger partial charge in [-0.2, -0.15) is 5.10 Å². The van der Waals surface area contributed by atoms with Crippen molar-refractivity contribution in [3.8, 4) is 0 Å². The number of hydrazone groups is 1. The predicted octanol–water partition coefficient (Wildman–Crippen LogP) is 3.64. The minimum absolute atomic E-state index is 0.0259. The summed E-state index contributed by atoms with van der Waals surface area (Å²) in [6, 6.07) is 6.84. The van der Waals surface area contributed by atoms with Gasteiger partial charge in [0.2, 0.25) is 0 Å². The average Bonchev–Trinajstić information content (AvgIpc) is 3.17. The first-order valence-electron chi connectivity index (χ1n) is 9.22. The highest BCUT2D eigenvalue weighted by atomic mass is 35.5. The van der Waals surface area contributed by atoms with Gasteiger partial charge in [0.15, 0.2) is 5.11 Å². The Morgan fingerprint density at radius 3 is 2.80 bits per heavy atom. The third-order valence-electron chi connectivity index (χ3n) is 5.04. The SMILES string of the molecule is CN(Cc1c(F)cccc1Cl)[C@@H]1CCN(c2cc(F)c(/C=N/NC(N)=S)cc2F)C1. The summed E-state index contributed by atoms with van der Waals surface area (Å²) in [5.74, 6) is -1.54. The number of rotatable bonds is 6. The molecule has 160 valence electrons. The van der Waals surface area contributed by atoms with E-state index >= 15 is 0 Å². The third kappa shape index (κ3) is 5.21. The largest absolute Gasteiger partial charge is 0.375 e. The number of likely N-dealkylation sites (N-methyl/N-ethyl adjacent to an activating group) is 1. The molecule has 3 rings (SSSR count). The molecule has 2 aromatic carbocycles. The van der Waals surface area contributed by atoms with E-state index in [9.17, 15) is 13.2 Å². The van der Waals surface area contributed by atoms with Crippen molar-refractivity contribution in [2.75, 3.05) is 25.0 Å². The van der Waals surface area contributed by atoms with Gasteiger partial charge < -0.3 is 10.6 Å². The van der Waals surface area contributed by atoms with E-state index in [2.05, 4.69) is 22.7 Å². The van der Waals surface area contributed by atoms with Crippen molar-refractivity contribution in [1.82, 2.24) is 10.3 Å². The van der Waals surface area contributed by atoms with Crippen LogP contribution >= 0.6 is 23.8 Å². The highest BCUT2D eigenvalue weighted by Gasteiger charge is 2.28. The van der Waals surface area contributed by atoms with Crippen LogP contribution < -0.4 is 16.1 Å². The van der Waals surface area contributed by atoms with Gasteiger partial charge >= 0.3 is 0 Å². The van der Waals surface area contributed by atoms with E-state index in [1.54, 1.807) is 17.0 Å². The summed E-state index contributed by atoms with van der Waals surface area (Å²) in [5.41, 5.74) is 8.10. The van der Waals surface area contributed by atoms with Crippen molar-refractivity contribution < 1.29 is 13.2 Å². The zero-order chi connectivity index (χ0) is 21.8. The molecule has 30 heavy (non-hydrogen) atoms. The lowest BCUT2D eigenvalue weighted by Crippen LogP contribution is -2.34. The van der Waals surface area contributed by atoms with E-state index < -0.39 is 11.6 Å². The van der Waals surface area contributed by atoms with E-state index in [0.717, 1.165) is 24.8 Å². The molecule has 1 heterocycles. The number of nitrogens with zero attached hydrogens (tertiary/aromatic N) is 3. The van der Waals surface area contributed by atoms with Crippen LogP contribution in [0.5, 0.6) is 0 Å². The van der Waals surface area contributed by atoms with E-state index in [-0.39, 0.29) is 28.2 Å². The first-order valence-corrected chi connectivity index (χ1v) is 10.0. The number of nitrogens with two attached hydrogens (primary N) is 1. The quantitative estimate of drug-likeness (QED) is 0.396. The average molecular weight is 456 g/mol. The van der Waals surface area contributed by atoms with Gasteiger partial charge in [-0.25, -0.2) is 13.2 Å². The van der Waals surface area contributed by atoms with Crippen LogP contribution in [0.1, 0.15) is 17.5 Å². The van der Waals surface area contributed by atoms with E-state index in [1.807, 2.05) is 11.9 Å². The van der Waals surface area contributed by atoms with Crippen LogP contribution in [0.3, 0.4) is 0 Å². The van der Waals surface area contributed by atoms with Gasteiger partial charge in [0.05, 0.1) is 11.9 Å². The summed E-state index contributed by atoms with van der Waals surface area (Å²) in [7, 11) is 1.86. The van der Waals surface area contributed by atoms with Gasteiger partial charge in [-0.1, -0.05) is 17.7 Å². The Bertz CT molecular complexity index is 951. The second-order valence-corrected chi connectivity index (χ2v) is 7.91. The Hall–Kier alpha value is -2.36. The molecule has 2 aromatic rings. The number of benzene rings is 2. The molecule has 0 saturated carbocycles. The molecule has 3 N–H and O–H groups in total. The number of hydrogen-bond donors (Lipinski definition) is 2. The maximum Gasteiger partial charge on any atom is 0.184 e. The maximum atomic E-state index is 14.6. The molecule has 0 aliphatic carbocycles. The van der Waals surface area contributed by atoms with Gasteiger partial charge in [0, 0.05) is 47.9 Å². The van der Waals surface area contributed by atoms with Crippen LogP contribution in [0.2, 0.25) is 5.02 Å². The molecule has 1 aliphatic rings. The molecule has 0 aromatic heterocycles. The van der Waals surface area contributed by atoms with Crippen LogP contribution in [0.25, 0.3) is 0 Å². The molecular weight excluding hydrogens is 435 g/mol. The zero-order valence-corrected chi connectivity index (χ0v) is 17.8. The topological polar surface area (TPSA) is 56.9 Å². The molecule has 0 amide bonds. The summed E-state index contributed by atoms with van der Waals surface area (Å²) in [6.45, 7) is 1.36. The zero-order valence-electron chi connectivity index (χ0n) is 16.2. The van der Waals surface area contributed by atoms with Crippen LogP contribution in [0.4, 0.5) is 18.9 Å². The van der Waals surface area contributed by atoms with Crippen molar-refractivity contribution in [3.63, 3.8) is 0 Å². The molecule has 0 radical (unpaired) electrons. The Balaban J connectivity index is 1.69. The molecule has 0 bridgehead atoms. The van der Waals surface area contributed by atoms with Gasteiger partial charge in [-0.15, -0.1) is 0 Å². The number of nitrogens with one attached hydrogen (secondary N) is 1. The number of anilines is 1. The van der Waals surface area contributed by atoms with Gasteiger partial charge in [-0.05, 0) is 43.9 Å². The normalized spacial score (nSPS) is 16.6. The molecule has 0 spiro atoms. The lowest BCUT2D eigenvalue weighted by molar-refractivity contribution is 0.247. The van der Waals surface area contributed by atoms with Crippen LogP contribution in [0, 0.1) is 17.5 Å². The van der Waals surface area contributed by atoms with Crippen molar-refractivity contribution in [1.29, 1.82) is 0 Å². The van der Waals surface area contributed by atoms with E-state index in [0.29, 0.717) is 30.2 Å². The summed E-state index contributed by atoms with van der Waals surface area (Å²) in [5, 5.41) is 3.94. The molecule has 10 heteroatoms. The fourth-order valence-corrected chi connectivity index (χ4v) is 3.72. The summed E-state index contributed by atoms with van der Waals surface area (Å²) >= 11 is 10.7. The molecule has 1 fully saturated rings. The second-order valence-electron chi connectivity index (χ2n) is 7.06. The number of halogens is 4. The third-order valence-corrected chi connectivity index (χ3v) is 5.49. The van der Waals surface area contributed by atoms with Crippen LogP contribution in [0.15, 0.2) is 35.4 Å². The molecule has 1 atom stereocenters. The Morgan fingerprint density at radius 1 is 1.33 bits per heavy atom. The lowest BCUT2D eigenvalue weighted by atomic mass is 10.1. The molecule has 5 nitrogen and oxygen atoms in total. The van der Waals surface area contributed by atoms with Gasteiger partial charge in [0.1, 0.15) is 17.5 Å². The standard InChI is InChI=1S/C20H21ClF3N5S/c1-28(11-14-15(21)3-2-4-16(14)22)13-5-6-29(10-13)19-8-17(23)12(7-18(19)24)9-26-27-20(25)30/h2-4,7-9,13H,5-6,10-11H2,1H3,(H3,25,27,30)/b26-9+/t13-/m1/s1. The summed E-state index contributed by atoms with van der Waals surface area (Å²) in [6.07, 6.45) is 1.84. The van der Waals surface area contributed by atoms with Crippen molar-refractivity contribution in [3.05, 3.63) is 63.9 Å². The Labute approximate surface area is 183 Å². The predicted molar refractivity (Wildman–Crippen MR) is 117 cm³/mol. The minimum atomic E-state index is -0.616. The minimum Gasteiger partial charge on any atom is -0.375 e. The highest BCUT2D eigenvalue weighted by Crippen LogP contribution is 2.29. The van der Waals surface area contributed by atoms with E-state index in [4.69, 9.17) is 17.3 Å². The first kappa shape index (κ1) is 22.3. The van der Waals surface area contributed by atoms with E-state index in [1.165, 1.54) is 6.07 Å². The fourth-order valence-electron chi connectivity index (χ4n) is 3.44. The van der Waals surface area contributed by atoms with Crippen molar-refractivity contribution >= 4 is 40.8 Å². The fraction of sp³-hybridized carbons (Fsp3) is 0.300. The monoisotopic (exact) mass is 455 g/mol. The van der Waals surface area contributed by atoms with Crippen LogP contribution in [-0.4, -0.2) is 42.4 Å². The van der Waals surface area contributed by atoms with Crippen molar-refractivity contribution in [2.24, 2.45) is 10.8 Å². The molecule has 1 aliphatic heterocycles. The second kappa shape index (κ2) is 9.63. The molecule has 1 saturated heterocycles. The highest BCUT2D eigenvalue weighted by molar-refractivity contribution is 7.80. The Morgan fingerprint density at radius 2 is 2.10 bits per heavy atom. The maximum absolute atomic E-state index is 14.6. The summed E-state index contributed by atoms with van der Waals surface area (Å²) < 4.78 is 43.1. The van der Waals surface area contributed by atoms with Gasteiger partial charge in [-0.3, -0.25) is 10.3 Å². The lowest BCUT2D eigenvalue weighted by Gasteiger charge is -2.26. The first-order chi connectivity index (χ1) is 14.3. The molecular formula is C20H21ClF3N5S. The van der Waals surface area contributed by atoms with Gasteiger partial charge in [0.25, 0.3) is 0 Å².